The van der Waals surface area contributed by atoms with Gasteiger partial charge in [-0.15, -0.1) is 0 Å². The van der Waals surface area contributed by atoms with Crippen LogP contribution in [-0.2, 0) is 9.53 Å². The van der Waals surface area contributed by atoms with Crippen molar-refractivity contribution in [2.75, 3.05) is 0 Å². The molecule has 1 heterocycles. The van der Waals surface area contributed by atoms with E-state index in [4.69, 9.17) is 14.6 Å². The lowest BCUT2D eigenvalue weighted by molar-refractivity contribution is -0.271. The third kappa shape index (κ3) is 4.86. The highest BCUT2D eigenvalue weighted by molar-refractivity contribution is 5.95. The lowest BCUT2D eigenvalue weighted by Gasteiger charge is -2.38. The number of aliphatic hydroxyl groups excluding tert-OH is 3. The number of carbonyl (C=O) groups is 1. The minimum absolute atomic E-state index is 0.307. The monoisotopic (exact) mass is 426 g/mol. The fraction of sp³-hybridized carbons (Fsp3) is 0.292. The van der Waals surface area contributed by atoms with Crippen molar-refractivity contribution < 1.29 is 34.7 Å². The molecule has 31 heavy (non-hydrogen) atoms. The number of rotatable bonds is 7. The molecule has 7 heteroatoms. The molecule has 1 aliphatic rings. The van der Waals surface area contributed by atoms with Gasteiger partial charge in [-0.05, 0) is 40.8 Å². The topological polar surface area (TPSA) is 116 Å². The van der Waals surface area contributed by atoms with Gasteiger partial charge in [0, 0.05) is 0 Å². The summed E-state index contributed by atoms with van der Waals surface area (Å²) in [5, 5.41) is 38.9. The number of aliphatic hydroxyl groups is 3. The van der Waals surface area contributed by atoms with Crippen molar-refractivity contribution in [1.82, 2.24) is 0 Å². The molecule has 1 fully saturated rings. The zero-order chi connectivity index (χ0) is 22.5. The Kier molecular flexibility index (Phi) is 7.25. The number of ether oxygens (including phenoxy) is 2. The minimum Gasteiger partial charge on any atom is -0.479 e. The molecule has 1 aliphatic heterocycles. The van der Waals surface area contributed by atoms with Gasteiger partial charge in [0.2, 0.25) is 6.29 Å². The highest BCUT2D eigenvalue weighted by Gasteiger charge is 2.48. The van der Waals surface area contributed by atoms with Crippen molar-refractivity contribution in [3.8, 4) is 5.75 Å². The number of allylic oxidation sites excluding steroid dienone is 3. The van der Waals surface area contributed by atoms with Crippen LogP contribution in [0.3, 0.4) is 0 Å². The lowest BCUT2D eigenvalue weighted by Crippen LogP contribution is -2.61. The molecule has 0 saturated carbocycles. The van der Waals surface area contributed by atoms with Crippen LogP contribution >= 0.6 is 0 Å². The molecule has 4 N–H and O–H groups in total. The zero-order valence-corrected chi connectivity index (χ0v) is 17.1. The Labute approximate surface area is 180 Å². The van der Waals surface area contributed by atoms with E-state index in [1.54, 1.807) is 18.2 Å². The molecule has 7 nitrogen and oxygen atoms in total. The van der Waals surface area contributed by atoms with Crippen LogP contribution in [0.4, 0.5) is 0 Å². The predicted molar refractivity (Wildman–Crippen MR) is 115 cm³/mol. The highest BCUT2D eigenvalue weighted by atomic mass is 16.7. The predicted octanol–water partition coefficient (Wildman–Crippen LogP) is 2.46. The molecule has 2 aromatic carbocycles. The van der Waals surface area contributed by atoms with E-state index in [1.807, 2.05) is 42.5 Å². The van der Waals surface area contributed by atoms with Crippen LogP contribution in [0, 0.1) is 0 Å². The van der Waals surface area contributed by atoms with Crippen molar-refractivity contribution in [3.63, 3.8) is 0 Å². The van der Waals surface area contributed by atoms with Gasteiger partial charge in [-0.1, -0.05) is 62.0 Å². The summed E-state index contributed by atoms with van der Waals surface area (Å²) in [6.45, 7) is 6.02. The van der Waals surface area contributed by atoms with E-state index in [0.717, 1.165) is 28.7 Å². The second-order valence-corrected chi connectivity index (χ2v) is 7.19. The first-order valence-electron chi connectivity index (χ1n) is 9.98. The Morgan fingerprint density at radius 1 is 1.00 bits per heavy atom. The molecule has 0 radical (unpaired) electrons. The second-order valence-electron chi connectivity index (χ2n) is 7.19. The fourth-order valence-corrected chi connectivity index (χ4v) is 3.60. The van der Waals surface area contributed by atoms with Gasteiger partial charge in [0.05, 0.1) is 0 Å². The van der Waals surface area contributed by atoms with Gasteiger partial charge in [0.15, 0.2) is 6.10 Å². The summed E-state index contributed by atoms with van der Waals surface area (Å²) in [4.78, 5) is 11.2. The smallest absolute Gasteiger partial charge is 0.335 e. The van der Waals surface area contributed by atoms with Gasteiger partial charge in [-0.3, -0.25) is 0 Å². The second kappa shape index (κ2) is 9.89. The number of benzene rings is 2. The summed E-state index contributed by atoms with van der Waals surface area (Å²) in [6.07, 6.45) is -5.65. The summed E-state index contributed by atoms with van der Waals surface area (Å²) in [5.74, 6) is -1.15. The van der Waals surface area contributed by atoms with E-state index in [2.05, 4.69) is 13.5 Å². The number of aliphatic carboxylic acids is 1. The normalized spacial score (nSPS) is 26.6. The number of hydrogen-bond acceptors (Lipinski definition) is 6. The van der Waals surface area contributed by atoms with Gasteiger partial charge >= 0.3 is 5.97 Å². The third-order valence-corrected chi connectivity index (χ3v) is 5.24. The Morgan fingerprint density at radius 2 is 1.65 bits per heavy atom. The van der Waals surface area contributed by atoms with E-state index < -0.39 is 36.7 Å². The molecule has 0 aromatic heterocycles. The van der Waals surface area contributed by atoms with Crippen molar-refractivity contribution in [1.29, 1.82) is 0 Å². The van der Waals surface area contributed by atoms with Crippen LogP contribution in [-0.4, -0.2) is 57.1 Å². The van der Waals surface area contributed by atoms with Crippen LogP contribution in [0.1, 0.15) is 24.5 Å². The summed E-state index contributed by atoms with van der Waals surface area (Å²) < 4.78 is 10.7. The summed E-state index contributed by atoms with van der Waals surface area (Å²) >= 11 is 0. The SMILES string of the molecule is C=C/C(=C(/CC)c1ccccc1)c1ccc(OC2OC(C(=O)O)C(O)C(O)C2O)cc1. The zero-order valence-electron chi connectivity index (χ0n) is 17.1. The number of carboxylic acids is 1. The van der Waals surface area contributed by atoms with Crippen LogP contribution in [0.5, 0.6) is 5.75 Å². The van der Waals surface area contributed by atoms with Crippen molar-refractivity contribution in [3.05, 3.63) is 78.4 Å². The van der Waals surface area contributed by atoms with Crippen LogP contribution in [0.15, 0.2) is 67.3 Å². The maximum atomic E-state index is 11.2. The Balaban J connectivity index is 1.83. The van der Waals surface area contributed by atoms with Crippen molar-refractivity contribution in [2.45, 2.75) is 44.1 Å². The first kappa shape index (κ1) is 22.7. The maximum absolute atomic E-state index is 11.2. The first-order chi connectivity index (χ1) is 14.9. The molecule has 0 aliphatic carbocycles. The maximum Gasteiger partial charge on any atom is 0.335 e. The van der Waals surface area contributed by atoms with Crippen LogP contribution in [0.25, 0.3) is 11.1 Å². The van der Waals surface area contributed by atoms with Crippen LogP contribution < -0.4 is 4.74 Å². The average Bonchev–Trinajstić information content (AvgIpc) is 2.78. The highest BCUT2D eigenvalue weighted by Crippen LogP contribution is 2.31. The molecule has 164 valence electrons. The molecular formula is C24H26O7. The molecule has 5 unspecified atom stereocenters. The van der Waals surface area contributed by atoms with Crippen molar-refractivity contribution in [2.24, 2.45) is 0 Å². The summed E-state index contributed by atoms with van der Waals surface area (Å²) in [7, 11) is 0. The fourth-order valence-electron chi connectivity index (χ4n) is 3.60. The van der Waals surface area contributed by atoms with Gasteiger partial charge in [0.1, 0.15) is 24.1 Å². The largest absolute Gasteiger partial charge is 0.479 e. The van der Waals surface area contributed by atoms with E-state index in [0.29, 0.717) is 5.75 Å². The third-order valence-electron chi connectivity index (χ3n) is 5.24. The molecule has 0 amide bonds. The molecule has 0 spiro atoms. The Hall–Kier alpha value is -2.97. The van der Waals surface area contributed by atoms with Gasteiger partial charge in [-0.2, -0.15) is 0 Å². The molecule has 1 saturated heterocycles. The quantitative estimate of drug-likeness (QED) is 0.397. The lowest BCUT2D eigenvalue weighted by atomic mass is 9.93. The standard InChI is InChI=1S/C24H26O7/c1-3-17(14-8-6-5-7-9-14)18(4-2)15-10-12-16(13-11-15)30-24-21(27)19(25)20(26)22(31-24)23(28)29/h4-13,19-22,24-27H,2-3H2,1H3,(H,28,29)/b18-17+. The molecule has 0 bridgehead atoms. The molecule has 3 rings (SSSR count). The van der Waals surface area contributed by atoms with E-state index in [9.17, 15) is 20.1 Å². The van der Waals surface area contributed by atoms with E-state index >= 15 is 0 Å². The van der Waals surface area contributed by atoms with E-state index in [-0.39, 0.29) is 0 Å². The number of hydrogen-bond donors (Lipinski definition) is 4. The molecular weight excluding hydrogens is 400 g/mol. The molecule has 2 aromatic rings. The van der Waals surface area contributed by atoms with Crippen molar-refractivity contribution >= 4 is 17.1 Å². The molecule has 5 atom stereocenters. The summed E-state index contributed by atoms with van der Waals surface area (Å²) in [5.41, 5.74) is 4.12. The number of carboxylic acid groups (broad SMARTS) is 1. The van der Waals surface area contributed by atoms with Gasteiger partial charge < -0.3 is 29.9 Å². The Bertz CT molecular complexity index is 936. The average molecular weight is 426 g/mol. The minimum atomic E-state index is -1.76. The van der Waals surface area contributed by atoms with E-state index in [1.165, 1.54) is 0 Å². The first-order valence-corrected chi connectivity index (χ1v) is 9.98. The summed E-state index contributed by atoms with van der Waals surface area (Å²) in [6, 6.07) is 17.0. The van der Waals surface area contributed by atoms with Gasteiger partial charge in [0.25, 0.3) is 0 Å². The van der Waals surface area contributed by atoms with Gasteiger partial charge in [-0.25, -0.2) is 4.79 Å². The van der Waals surface area contributed by atoms with Crippen LogP contribution in [0.2, 0.25) is 0 Å². The Morgan fingerprint density at radius 3 is 2.19 bits per heavy atom.